The predicted molar refractivity (Wildman–Crippen MR) is 85.3 cm³/mol. The largest absolute Gasteiger partial charge is 0.471 e. The van der Waals surface area contributed by atoms with Gasteiger partial charge in [-0.25, -0.2) is 0 Å². The third-order valence-corrected chi connectivity index (χ3v) is 4.03. The van der Waals surface area contributed by atoms with Gasteiger partial charge in [0, 0.05) is 12.5 Å². The molecule has 3 amide bonds. The maximum absolute atomic E-state index is 12.4. The molecule has 0 aromatic carbocycles. The summed E-state index contributed by atoms with van der Waals surface area (Å²) < 4.78 is 37.3. The fourth-order valence-electron chi connectivity index (χ4n) is 2.67. The smallest absolute Gasteiger partial charge is 0.356 e. The van der Waals surface area contributed by atoms with Gasteiger partial charge in [-0.2, -0.15) is 18.4 Å². The predicted octanol–water partition coefficient (Wildman–Crippen LogP) is 1.00. The standard InChI is InChI=1S/C16H23F3N4O3/c1-9(2)7-12(23-15(26)16(17,18)19)14(25)22-11(8-20)4-3-10-5-6-21-13(10)24/h9-12H,3-7H2,1-2H3,(H,21,24)(H,22,25)(H,23,26)/t10-,11+,12+/m1/s1. The number of nitrogens with zero attached hydrogens (tertiary/aromatic N) is 1. The van der Waals surface area contributed by atoms with Crippen LogP contribution in [0, 0.1) is 23.2 Å². The zero-order valence-corrected chi connectivity index (χ0v) is 14.7. The molecule has 0 spiro atoms. The molecule has 3 atom stereocenters. The van der Waals surface area contributed by atoms with Crippen LogP contribution in [0.2, 0.25) is 0 Å². The lowest BCUT2D eigenvalue weighted by atomic mass is 9.98. The summed E-state index contributed by atoms with van der Waals surface area (Å²) in [6.07, 6.45) is -3.88. The van der Waals surface area contributed by atoms with Crippen molar-refractivity contribution in [1.82, 2.24) is 16.0 Å². The van der Waals surface area contributed by atoms with E-state index in [1.807, 2.05) is 6.07 Å². The topological polar surface area (TPSA) is 111 Å². The molecule has 0 bridgehead atoms. The Morgan fingerprint density at radius 2 is 2.00 bits per heavy atom. The quantitative estimate of drug-likeness (QED) is 0.587. The van der Waals surface area contributed by atoms with Gasteiger partial charge in [0.25, 0.3) is 0 Å². The number of hydrogen-bond donors (Lipinski definition) is 3. The first-order valence-electron chi connectivity index (χ1n) is 8.40. The number of halogens is 3. The van der Waals surface area contributed by atoms with Crippen molar-refractivity contribution in [3.8, 4) is 6.07 Å². The molecule has 0 saturated carbocycles. The molecule has 0 radical (unpaired) electrons. The van der Waals surface area contributed by atoms with Gasteiger partial charge in [-0.15, -0.1) is 0 Å². The first-order valence-corrected chi connectivity index (χ1v) is 8.40. The molecular weight excluding hydrogens is 353 g/mol. The Labute approximate surface area is 149 Å². The fourth-order valence-corrected chi connectivity index (χ4v) is 2.67. The first kappa shape index (κ1) is 21.7. The molecule has 1 aliphatic heterocycles. The van der Waals surface area contributed by atoms with Crippen molar-refractivity contribution in [2.45, 2.75) is 57.8 Å². The minimum absolute atomic E-state index is 0.00314. The van der Waals surface area contributed by atoms with Gasteiger partial charge in [0.15, 0.2) is 0 Å². The van der Waals surface area contributed by atoms with E-state index in [0.29, 0.717) is 19.4 Å². The molecule has 0 aromatic heterocycles. The molecule has 0 aliphatic carbocycles. The van der Waals surface area contributed by atoms with Crippen molar-refractivity contribution in [3.05, 3.63) is 0 Å². The first-order chi connectivity index (χ1) is 12.0. The highest BCUT2D eigenvalue weighted by atomic mass is 19.4. The highest BCUT2D eigenvalue weighted by Gasteiger charge is 2.41. The maximum Gasteiger partial charge on any atom is 0.471 e. The van der Waals surface area contributed by atoms with E-state index in [1.54, 1.807) is 19.2 Å². The summed E-state index contributed by atoms with van der Waals surface area (Å²) in [6, 6.07) is -0.479. The molecule has 3 N–H and O–H groups in total. The molecule has 0 unspecified atom stereocenters. The fraction of sp³-hybridized carbons (Fsp3) is 0.750. The number of carbonyl (C=O) groups is 3. The summed E-state index contributed by atoms with van der Waals surface area (Å²) in [5.74, 6) is -3.54. The highest BCUT2D eigenvalue weighted by molar-refractivity contribution is 5.90. The number of amides is 3. The third-order valence-electron chi connectivity index (χ3n) is 4.03. The summed E-state index contributed by atoms with van der Waals surface area (Å²) >= 11 is 0. The maximum atomic E-state index is 12.4. The second-order valence-corrected chi connectivity index (χ2v) is 6.70. The summed E-state index contributed by atoms with van der Waals surface area (Å²) in [7, 11) is 0. The molecule has 0 aromatic rings. The zero-order valence-electron chi connectivity index (χ0n) is 14.7. The van der Waals surface area contributed by atoms with Gasteiger partial charge in [-0.1, -0.05) is 13.8 Å². The number of alkyl halides is 3. The zero-order chi connectivity index (χ0) is 19.9. The second kappa shape index (κ2) is 9.40. The van der Waals surface area contributed by atoms with Crippen LogP contribution < -0.4 is 16.0 Å². The Morgan fingerprint density at radius 3 is 2.46 bits per heavy atom. The summed E-state index contributed by atoms with van der Waals surface area (Å²) in [5, 5.41) is 15.8. The van der Waals surface area contributed by atoms with Crippen LogP contribution in [0.5, 0.6) is 0 Å². The van der Waals surface area contributed by atoms with Crippen LogP contribution in [-0.4, -0.2) is 42.5 Å². The van der Waals surface area contributed by atoms with Gasteiger partial charge in [0.05, 0.1) is 6.07 Å². The number of carbonyl (C=O) groups excluding carboxylic acids is 3. The number of nitrogens with one attached hydrogen (secondary N) is 3. The molecule has 1 aliphatic rings. The van der Waals surface area contributed by atoms with Gasteiger partial charge in [0.2, 0.25) is 11.8 Å². The lowest BCUT2D eigenvalue weighted by molar-refractivity contribution is -0.174. The van der Waals surface area contributed by atoms with Crippen molar-refractivity contribution >= 4 is 17.7 Å². The average molecular weight is 376 g/mol. The Balaban J connectivity index is 2.65. The lowest BCUT2D eigenvalue weighted by Crippen LogP contribution is -2.52. The Hall–Kier alpha value is -2.31. The van der Waals surface area contributed by atoms with Crippen molar-refractivity contribution in [2.24, 2.45) is 11.8 Å². The van der Waals surface area contributed by atoms with Gasteiger partial charge in [0.1, 0.15) is 12.1 Å². The van der Waals surface area contributed by atoms with E-state index in [1.165, 1.54) is 0 Å². The van der Waals surface area contributed by atoms with E-state index in [4.69, 9.17) is 5.26 Å². The van der Waals surface area contributed by atoms with Crippen molar-refractivity contribution in [1.29, 1.82) is 5.26 Å². The van der Waals surface area contributed by atoms with E-state index in [-0.39, 0.29) is 30.6 Å². The van der Waals surface area contributed by atoms with Crippen LogP contribution in [0.15, 0.2) is 0 Å². The van der Waals surface area contributed by atoms with Crippen LogP contribution in [0.1, 0.15) is 39.5 Å². The molecule has 146 valence electrons. The van der Waals surface area contributed by atoms with Crippen molar-refractivity contribution in [3.63, 3.8) is 0 Å². The minimum Gasteiger partial charge on any atom is -0.356 e. The average Bonchev–Trinajstić information content (AvgIpc) is 2.94. The second-order valence-electron chi connectivity index (χ2n) is 6.70. The summed E-state index contributed by atoms with van der Waals surface area (Å²) in [6.45, 7) is 3.95. The van der Waals surface area contributed by atoms with Crippen molar-refractivity contribution < 1.29 is 27.6 Å². The van der Waals surface area contributed by atoms with Gasteiger partial charge < -0.3 is 16.0 Å². The lowest BCUT2D eigenvalue weighted by Gasteiger charge is -2.22. The number of hydrogen-bond acceptors (Lipinski definition) is 4. The monoisotopic (exact) mass is 376 g/mol. The Kier molecular flexibility index (Phi) is 7.86. The van der Waals surface area contributed by atoms with Crippen LogP contribution >= 0.6 is 0 Å². The van der Waals surface area contributed by atoms with Crippen LogP contribution in [-0.2, 0) is 14.4 Å². The van der Waals surface area contributed by atoms with Crippen LogP contribution in [0.4, 0.5) is 13.2 Å². The number of rotatable bonds is 8. The highest BCUT2D eigenvalue weighted by Crippen LogP contribution is 2.18. The van der Waals surface area contributed by atoms with Crippen molar-refractivity contribution in [2.75, 3.05) is 6.54 Å². The van der Waals surface area contributed by atoms with E-state index in [0.717, 1.165) is 0 Å². The molecule has 10 heteroatoms. The van der Waals surface area contributed by atoms with Gasteiger partial charge in [-0.05, 0) is 31.6 Å². The van der Waals surface area contributed by atoms with E-state index >= 15 is 0 Å². The molecule has 26 heavy (non-hydrogen) atoms. The minimum atomic E-state index is -5.10. The third kappa shape index (κ3) is 6.90. The van der Waals surface area contributed by atoms with E-state index in [9.17, 15) is 27.6 Å². The molecule has 1 fully saturated rings. The summed E-state index contributed by atoms with van der Waals surface area (Å²) in [5.41, 5.74) is 0. The normalized spacial score (nSPS) is 19.4. The Morgan fingerprint density at radius 1 is 1.35 bits per heavy atom. The van der Waals surface area contributed by atoms with E-state index < -0.39 is 30.1 Å². The molecule has 1 rings (SSSR count). The molecule has 1 heterocycles. The molecular formula is C16H23F3N4O3. The molecule has 7 nitrogen and oxygen atoms in total. The number of nitriles is 1. The Bertz CT molecular complexity index is 572. The van der Waals surface area contributed by atoms with Crippen LogP contribution in [0.3, 0.4) is 0 Å². The van der Waals surface area contributed by atoms with E-state index in [2.05, 4.69) is 10.6 Å². The van der Waals surface area contributed by atoms with Gasteiger partial charge >= 0.3 is 12.1 Å². The summed E-state index contributed by atoms with van der Waals surface area (Å²) in [4.78, 5) is 34.9. The molecule has 1 saturated heterocycles. The van der Waals surface area contributed by atoms with Gasteiger partial charge in [-0.3, -0.25) is 14.4 Å². The van der Waals surface area contributed by atoms with Crippen LogP contribution in [0.25, 0.3) is 0 Å². The SMILES string of the molecule is CC(C)C[C@H](NC(=O)C(F)(F)F)C(=O)N[C@H](C#N)CC[C@@H]1CCNC1=O.